The summed E-state index contributed by atoms with van der Waals surface area (Å²) >= 11 is 1.70. The molecule has 0 radical (unpaired) electrons. The van der Waals surface area contributed by atoms with Gasteiger partial charge >= 0.3 is 0 Å². The molecule has 3 aromatic rings. The molecule has 0 unspecified atom stereocenters. The Morgan fingerprint density at radius 1 is 1.09 bits per heavy atom. The quantitative estimate of drug-likeness (QED) is 0.687. The highest BCUT2D eigenvalue weighted by Gasteiger charge is 2.20. The molecule has 6 heteroatoms. The first kappa shape index (κ1) is 14.7. The van der Waals surface area contributed by atoms with Crippen molar-refractivity contribution < 1.29 is 4.74 Å². The Kier molecular flexibility index (Phi) is 4.26. The lowest BCUT2D eigenvalue weighted by Crippen LogP contribution is -2.21. The SMILES string of the molecule is c1ccc2c(CSc3nnnn3C3CCOCC3)cccc2c1. The highest BCUT2D eigenvalue weighted by molar-refractivity contribution is 7.98. The van der Waals surface area contributed by atoms with Crippen LogP contribution >= 0.6 is 11.8 Å². The minimum absolute atomic E-state index is 0.355. The first-order valence-corrected chi connectivity index (χ1v) is 8.85. The fraction of sp³-hybridized carbons (Fsp3) is 0.353. The highest BCUT2D eigenvalue weighted by Crippen LogP contribution is 2.29. The molecule has 0 amide bonds. The van der Waals surface area contributed by atoms with E-state index in [0.29, 0.717) is 6.04 Å². The van der Waals surface area contributed by atoms with E-state index in [1.807, 2.05) is 4.68 Å². The van der Waals surface area contributed by atoms with Gasteiger partial charge in [-0.2, -0.15) is 0 Å². The van der Waals surface area contributed by atoms with Gasteiger partial charge in [-0.05, 0) is 39.6 Å². The normalized spacial score (nSPS) is 16.0. The van der Waals surface area contributed by atoms with E-state index in [1.165, 1.54) is 16.3 Å². The van der Waals surface area contributed by atoms with Gasteiger partial charge in [-0.25, -0.2) is 4.68 Å². The number of thioether (sulfide) groups is 1. The van der Waals surface area contributed by atoms with E-state index in [2.05, 4.69) is 58.0 Å². The van der Waals surface area contributed by atoms with Crippen molar-refractivity contribution in [1.29, 1.82) is 0 Å². The van der Waals surface area contributed by atoms with Gasteiger partial charge in [0.15, 0.2) is 0 Å². The molecule has 1 fully saturated rings. The molecule has 118 valence electrons. The number of benzene rings is 2. The number of nitrogens with zero attached hydrogens (tertiary/aromatic N) is 4. The average Bonchev–Trinajstić information content (AvgIpc) is 3.09. The molecule has 2 aromatic carbocycles. The number of hydrogen-bond donors (Lipinski definition) is 0. The maximum atomic E-state index is 5.43. The van der Waals surface area contributed by atoms with E-state index in [1.54, 1.807) is 11.8 Å². The smallest absolute Gasteiger partial charge is 0.209 e. The van der Waals surface area contributed by atoms with Crippen molar-refractivity contribution in [3.63, 3.8) is 0 Å². The van der Waals surface area contributed by atoms with Gasteiger partial charge in [0.1, 0.15) is 0 Å². The fourth-order valence-electron chi connectivity index (χ4n) is 3.00. The van der Waals surface area contributed by atoms with Crippen LogP contribution in [0.4, 0.5) is 0 Å². The number of tetrazole rings is 1. The fourth-order valence-corrected chi connectivity index (χ4v) is 3.95. The third-order valence-corrected chi connectivity index (χ3v) is 5.22. The largest absolute Gasteiger partial charge is 0.381 e. The van der Waals surface area contributed by atoms with Crippen LogP contribution in [0.3, 0.4) is 0 Å². The molecule has 4 rings (SSSR count). The lowest BCUT2D eigenvalue weighted by Gasteiger charge is -2.22. The maximum absolute atomic E-state index is 5.43. The molecule has 0 spiro atoms. The second-order valence-corrected chi connectivity index (χ2v) is 6.62. The van der Waals surface area contributed by atoms with Gasteiger partial charge in [0.2, 0.25) is 5.16 Å². The summed E-state index contributed by atoms with van der Waals surface area (Å²) in [6.45, 7) is 1.58. The van der Waals surface area contributed by atoms with Crippen LogP contribution < -0.4 is 0 Å². The van der Waals surface area contributed by atoms with E-state index < -0.39 is 0 Å². The van der Waals surface area contributed by atoms with Gasteiger partial charge in [-0.15, -0.1) is 5.10 Å². The second-order valence-electron chi connectivity index (χ2n) is 5.68. The van der Waals surface area contributed by atoms with Crippen LogP contribution in [-0.4, -0.2) is 33.4 Å². The Labute approximate surface area is 139 Å². The predicted octanol–water partition coefficient (Wildman–Crippen LogP) is 3.47. The van der Waals surface area contributed by atoms with Crippen LogP contribution in [-0.2, 0) is 10.5 Å². The zero-order chi connectivity index (χ0) is 15.5. The Morgan fingerprint density at radius 3 is 2.83 bits per heavy atom. The predicted molar refractivity (Wildman–Crippen MR) is 90.4 cm³/mol. The van der Waals surface area contributed by atoms with Crippen LogP contribution in [0.25, 0.3) is 10.8 Å². The summed E-state index contributed by atoms with van der Waals surface area (Å²) in [5.74, 6) is 0.866. The van der Waals surface area contributed by atoms with Crippen LogP contribution in [0.2, 0.25) is 0 Å². The van der Waals surface area contributed by atoms with E-state index in [9.17, 15) is 0 Å². The van der Waals surface area contributed by atoms with Crippen LogP contribution in [0, 0.1) is 0 Å². The molecule has 0 aliphatic carbocycles. The number of aromatic nitrogens is 4. The van der Waals surface area contributed by atoms with Crippen molar-refractivity contribution in [2.45, 2.75) is 29.8 Å². The number of fused-ring (bicyclic) bond motifs is 1. The number of ether oxygens (including phenoxy) is 1. The van der Waals surface area contributed by atoms with Gasteiger partial charge < -0.3 is 4.74 Å². The minimum Gasteiger partial charge on any atom is -0.381 e. The second kappa shape index (κ2) is 6.68. The third-order valence-electron chi connectivity index (χ3n) is 4.24. The van der Waals surface area contributed by atoms with Gasteiger partial charge in [0.05, 0.1) is 6.04 Å². The van der Waals surface area contributed by atoms with Gasteiger partial charge in [-0.3, -0.25) is 0 Å². The maximum Gasteiger partial charge on any atom is 0.209 e. The molecule has 0 bridgehead atoms. The van der Waals surface area contributed by atoms with Gasteiger partial charge in [0.25, 0.3) is 0 Å². The minimum atomic E-state index is 0.355. The Balaban J connectivity index is 1.54. The first-order chi connectivity index (χ1) is 11.4. The molecule has 0 atom stereocenters. The molecule has 23 heavy (non-hydrogen) atoms. The summed E-state index contributed by atoms with van der Waals surface area (Å²) in [4.78, 5) is 0. The molecular formula is C17H18N4OS. The van der Waals surface area contributed by atoms with Crippen molar-refractivity contribution in [3.8, 4) is 0 Å². The molecule has 1 aliphatic rings. The molecule has 1 aromatic heterocycles. The molecule has 1 saturated heterocycles. The van der Waals surface area contributed by atoms with E-state index >= 15 is 0 Å². The summed E-state index contributed by atoms with van der Waals surface area (Å²) in [6, 6.07) is 15.3. The summed E-state index contributed by atoms with van der Waals surface area (Å²) in [6.07, 6.45) is 1.96. The third kappa shape index (κ3) is 3.09. The first-order valence-electron chi connectivity index (χ1n) is 7.87. The molecule has 2 heterocycles. The van der Waals surface area contributed by atoms with Gasteiger partial charge in [-0.1, -0.05) is 54.2 Å². The van der Waals surface area contributed by atoms with E-state index in [0.717, 1.165) is 37.0 Å². The molecule has 1 aliphatic heterocycles. The monoisotopic (exact) mass is 326 g/mol. The van der Waals surface area contributed by atoms with Crippen molar-refractivity contribution in [3.05, 3.63) is 48.0 Å². The highest BCUT2D eigenvalue weighted by atomic mass is 32.2. The number of rotatable bonds is 4. The molecule has 0 N–H and O–H groups in total. The summed E-state index contributed by atoms with van der Waals surface area (Å²) in [5.41, 5.74) is 1.31. The lowest BCUT2D eigenvalue weighted by atomic mass is 10.1. The average molecular weight is 326 g/mol. The zero-order valence-corrected chi connectivity index (χ0v) is 13.6. The molecule has 5 nitrogen and oxygen atoms in total. The van der Waals surface area contributed by atoms with E-state index in [-0.39, 0.29) is 0 Å². The summed E-state index contributed by atoms with van der Waals surface area (Å²) < 4.78 is 7.40. The van der Waals surface area contributed by atoms with Crippen molar-refractivity contribution in [1.82, 2.24) is 20.2 Å². The van der Waals surface area contributed by atoms with Crippen LogP contribution in [0.5, 0.6) is 0 Å². The van der Waals surface area contributed by atoms with Crippen molar-refractivity contribution in [2.75, 3.05) is 13.2 Å². The summed E-state index contributed by atoms with van der Waals surface area (Å²) in [7, 11) is 0. The Hall–Kier alpha value is -1.92. The molecular weight excluding hydrogens is 308 g/mol. The topological polar surface area (TPSA) is 52.8 Å². The lowest BCUT2D eigenvalue weighted by molar-refractivity contribution is 0.0631. The molecule has 0 saturated carbocycles. The Morgan fingerprint density at radius 2 is 1.91 bits per heavy atom. The van der Waals surface area contributed by atoms with Crippen LogP contribution in [0.15, 0.2) is 47.6 Å². The van der Waals surface area contributed by atoms with E-state index in [4.69, 9.17) is 4.74 Å². The zero-order valence-electron chi connectivity index (χ0n) is 12.8. The summed E-state index contributed by atoms with van der Waals surface area (Å²) in [5, 5.41) is 15.7. The van der Waals surface area contributed by atoms with Crippen LogP contribution in [0.1, 0.15) is 24.4 Å². The van der Waals surface area contributed by atoms with Gasteiger partial charge in [0, 0.05) is 19.0 Å². The van der Waals surface area contributed by atoms with Crippen molar-refractivity contribution in [2.24, 2.45) is 0 Å². The number of hydrogen-bond acceptors (Lipinski definition) is 5. The standard InChI is InChI=1S/C17H18N4OS/c1-2-7-16-13(4-1)5-3-6-14(16)12-23-17-18-19-20-21(17)15-8-10-22-11-9-15/h1-7,15H,8-12H2. The van der Waals surface area contributed by atoms with Crippen molar-refractivity contribution >= 4 is 22.5 Å². The Bertz CT molecular complexity index is 793.